The number of hydrogen-bond acceptors (Lipinski definition) is 3. The maximum atomic E-state index is 11.1. The Hall–Kier alpha value is -3.99. The summed E-state index contributed by atoms with van der Waals surface area (Å²) in [5, 5.41) is 3.84. The zero-order valence-corrected chi connectivity index (χ0v) is 17.3. The highest BCUT2D eigenvalue weighted by atomic mass is 16.1. The van der Waals surface area contributed by atoms with Crippen LogP contribution >= 0.6 is 0 Å². The van der Waals surface area contributed by atoms with Crippen molar-refractivity contribution < 1.29 is 14.4 Å². The molecule has 0 saturated heterocycles. The molecule has 0 unspecified atom stereocenters. The highest BCUT2D eigenvalue weighted by Crippen LogP contribution is 2.20. The van der Waals surface area contributed by atoms with Gasteiger partial charge in [0.05, 0.1) is 0 Å². The second-order valence-corrected chi connectivity index (χ2v) is 7.01. The van der Waals surface area contributed by atoms with Gasteiger partial charge in [0.2, 0.25) is 5.91 Å². The summed E-state index contributed by atoms with van der Waals surface area (Å²) in [6, 6.07) is 22.8. The first-order valence-electron chi connectivity index (χ1n) is 10.0. The van der Waals surface area contributed by atoms with Crippen molar-refractivity contribution in [2.24, 2.45) is 0 Å². The number of amides is 1. The second kappa shape index (κ2) is 10.7. The lowest BCUT2D eigenvalue weighted by atomic mass is 10.0. The predicted molar refractivity (Wildman–Crippen MR) is 123 cm³/mol. The fraction of sp³-hybridized carbons (Fsp3) is 0.115. The van der Waals surface area contributed by atoms with Gasteiger partial charge in [-0.3, -0.25) is 14.4 Å². The van der Waals surface area contributed by atoms with E-state index < -0.39 is 0 Å². The second-order valence-electron chi connectivity index (χ2n) is 7.01. The molecule has 0 aliphatic rings. The highest BCUT2D eigenvalue weighted by molar-refractivity contribution is 5.84. The van der Waals surface area contributed by atoms with Gasteiger partial charge in [0.1, 0.15) is 12.6 Å². The van der Waals surface area contributed by atoms with E-state index in [0.717, 1.165) is 35.6 Å². The van der Waals surface area contributed by atoms with Gasteiger partial charge < -0.3 is 10.3 Å². The molecule has 0 radical (unpaired) electrons. The molecule has 0 bridgehead atoms. The van der Waals surface area contributed by atoms with E-state index in [4.69, 9.17) is 0 Å². The van der Waals surface area contributed by atoms with Gasteiger partial charge in [0.15, 0.2) is 0 Å². The van der Waals surface area contributed by atoms with Gasteiger partial charge in [-0.2, -0.15) is 0 Å². The quantitative estimate of drug-likeness (QED) is 0.446. The normalized spacial score (nSPS) is 10.1. The van der Waals surface area contributed by atoms with E-state index >= 15 is 0 Å². The number of aromatic amines is 1. The van der Waals surface area contributed by atoms with Crippen molar-refractivity contribution in [1.29, 1.82) is 0 Å². The molecule has 1 amide bonds. The average Bonchev–Trinajstić information content (AvgIpc) is 3.26. The van der Waals surface area contributed by atoms with Gasteiger partial charge in [-0.05, 0) is 29.2 Å². The molecule has 4 aromatic rings. The molecule has 4 rings (SSSR count). The van der Waals surface area contributed by atoms with Crippen LogP contribution in [0.4, 0.5) is 0 Å². The van der Waals surface area contributed by atoms with Crippen molar-refractivity contribution >= 4 is 29.4 Å². The van der Waals surface area contributed by atoms with Crippen molar-refractivity contribution in [3.05, 3.63) is 95.7 Å². The number of nitrogens with one attached hydrogen (secondary N) is 2. The van der Waals surface area contributed by atoms with Gasteiger partial charge >= 0.3 is 0 Å². The van der Waals surface area contributed by atoms with Gasteiger partial charge in [-0.15, -0.1) is 0 Å². The molecular formula is C26H24N2O3. The predicted octanol–water partition coefficient (Wildman–Crippen LogP) is 4.83. The minimum absolute atomic E-state index is 0.0836. The van der Waals surface area contributed by atoms with Crippen molar-refractivity contribution in [3.63, 3.8) is 0 Å². The van der Waals surface area contributed by atoms with Crippen LogP contribution < -0.4 is 5.32 Å². The first-order valence-corrected chi connectivity index (χ1v) is 10.0. The van der Waals surface area contributed by atoms with E-state index in [9.17, 15) is 14.4 Å². The molecule has 0 aliphatic carbocycles. The number of aromatic nitrogens is 1. The molecule has 1 aromatic heterocycles. The van der Waals surface area contributed by atoms with Crippen molar-refractivity contribution in [1.82, 2.24) is 10.3 Å². The molecule has 156 valence electrons. The molecule has 2 N–H and O–H groups in total. The number of carbonyl (C=O) groups is 3. The third-order valence-electron chi connectivity index (χ3n) is 5.00. The Labute approximate surface area is 181 Å². The van der Waals surface area contributed by atoms with Gasteiger partial charge in [-0.25, -0.2) is 0 Å². The summed E-state index contributed by atoms with van der Waals surface area (Å²) >= 11 is 0. The first-order chi connectivity index (χ1) is 15.1. The van der Waals surface area contributed by atoms with Crippen molar-refractivity contribution in [3.8, 4) is 11.1 Å². The maximum absolute atomic E-state index is 11.1. The van der Waals surface area contributed by atoms with Crippen LogP contribution in [0.15, 0.2) is 79.0 Å². The Morgan fingerprint density at radius 1 is 0.839 bits per heavy atom. The molecule has 0 atom stereocenters. The Morgan fingerprint density at radius 2 is 1.39 bits per heavy atom. The smallest absolute Gasteiger partial charge is 0.220 e. The Kier molecular flexibility index (Phi) is 7.49. The first kappa shape index (κ1) is 21.7. The van der Waals surface area contributed by atoms with Crippen LogP contribution in [-0.2, 0) is 11.2 Å². The summed E-state index contributed by atoms with van der Waals surface area (Å²) in [6.07, 6.45) is 4.94. The summed E-state index contributed by atoms with van der Waals surface area (Å²) in [4.78, 5) is 35.3. The van der Waals surface area contributed by atoms with E-state index in [1.807, 2.05) is 48.7 Å². The lowest BCUT2D eigenvalue weighted by Crippen LogP contribution is -2.17. The minimum Gasteiger partial charge on any atom is -0.361 e. The lowest BCUT2D eigenvalue weighted by molar-refractivity contribution is -0.120. The Bertz CT molecular complexity index is 1110. The zero-order valence-electron chi connectivity index (χ0n) is 17.3. The number of carbonyl (C=O) groups excluding carboxylic acids is 3. The number of fused-ring (bicyclic) bond motifs is 1. The molecule has 31 heavy (non-hydrogen) atoms. The van der Waals surface area contributed by atoms with E-state index in [1.54, 1.807) is 31.3 Å². The van der Waals surface area contributed by atoms with Crippen molar-refractivity contribution in [2.75, 3.05) is 7.05 Å². The highest BCUT2D eigenvalue weighted by Gasteiger charge is 2.04. The lowest BCUT2D eigenvalue weighted by Gasteiger charge is -2.01. The Morgan fingerprint density at radius 3 is 1.90 bits per heavy atom. The average molecular weight is 412 g/mol. The van der Waals surface area contributed by atoms with Gasteiger partial charge in [0, 0.05) is 41.7 Å². The molecular weight excluding hydrogens is 388 g/mol. The van der Waals surface area contributed by atoms with Crippen LogP contribution in [0.2, 0.25) is 0 Å². The number of aryl methyl sites for hydroxylation is 1. The molecule has 0 saturated carbocycles. The van der Waals surface area contributed by atoms with Crippen LogP contribution in [-0.4, -0.2) is 30.5 Å². The molecule has 0 fully saturated rings. The van der Waals surface area contributed by atoms with Crippen molar-refractivity contribution in [2.45, 2.75) is 12.8 Å². The molecule has 0 spiro atoms. The van der Waals surface area contributed by atoms with Crippen LogP contribution in [0.25, 0.3) is 22.0 Å². The summed E-state index contributed by atoms with van der Waals surface area (Å²) in [6.45, 7) is 0. The number of benzene rings is 3. The number of para-hydroxylation sites is 1. The largest absolute Gasteiger partial charge is 0.361 e. The fourth-order valence-electron chi connectivity index (χ4n) is 3.22. The zero-order chi connectivity index (χ0) is 22.1. The molecule has 1 heterocycles. The summed E-state index contributed by atoms with van der Waals surface area (Å²) < 4.78 is 0. The van der Waals surface area contributed by atoms with E-state index in [0.29, 0.717) is 17.5 Å². The molecule has 0 aliphatic heterocycles. The maximum Gasteiger partial charge on any atom is 0.220 e. The Balaban J connectivity index is 0.000000176. The van der Waals surface area contributed by atoms with Crippen LogP contribution in [0.1, 0.15) is 32.7 Å². The molecule has 5 heteroatoms. The summed E-state index contributed by atoms with van der Waals surface area (Å²) in [7, 11) is 1.66. The third kappa shape index (κ3) is 5.76. The third-order valence-corrected chi connectivity index (χ3v) is 5.00. The molecule has 3 aromatic carbocycles. The SMILES string of the molecule is CNC(=O)CCc1c[nH]c2ccccc12.O=Cc1ccc(-c2ccc(C=O)cc2)cc1. The van der Waals surface area contributed by atoms with Crippen LogP contribution in [0, 0.1) is 0 Å². The number of H-pyrrole nitrogens is 1. The van der Waals surface area contributed by atoms with Crippen LogP contribution in [0.3, 0.4) is 0 Å². The standard InChI is InChI=1S/C14H10O2.C12H14N2O/c15-9-11-1-5-13(6-2-11)14-7-3-12(10-16)4-8-14;1-13-12(15)7-6-9-8-14-11-5-3-2-4-10(9)11/h1-10H;2-5,8,14H,6-7H2,1H3,(H,13,15). The van der Waals surface area contributed by atoms with Gasteiger partial charge in [0.25, 0.3) is 0 Å². The van der Waals surface area contributed by atoms with Gasteiger partial charge in [-0.1, -0.05) is 66.7 Å². The summed E-state index contributed by atoms with van der Waals surface area (Å²) in [5.74, 6) is 0.0836. The fourth-order valence-corrected chi connectivity index (χ4v) is 3.22. The van der Waals surface area contributed by atoms with Crippen LogP contribution in [0.5, 0.6) is 0 Å². The van der Waals surface area contributed by atoms with E-state index in [1.165, 1.54) is 10.9 Å². The summed E-state index contributed by atoms with van der Waals surface area (Å²) in [5.41, 5.74) is 5.71. The number of rotatable bonds is 6. The number of aldehydes is 2. The molecule has 5 nitrogen and oxygen atoms in total. The topological polar surface area (TPSA) is 79.0 Å². The van der Waals surface area contributed by atoms with E-state index in [2.05, 4.69) is 16.4 Å². The minimum atomic E-state index is 0.0836. The monoisotopic (exact) mass is 412 g/mol. The van der Waals surface area contributed by atoms with E-state index in [-0.39, 0.29) is 5.91 Å². The number of hydrogen-bond donors (Lipinski definition) is 2.